The van der Waals surface area contributed by atoms with Crippen LogP contribution < -0.4 is 0 Å². The largest absolute Gasteiger partial charge is 0.342 e. The molecule has 2 saturated heterocycles. The molecule has 2 aliphatic heterocycles. The van der Waals surface area contributed by atoms with E-state index in [0.717, 1.165) is 64.0 Å². The minimum absolute atomic E-state index is 0.123. The molecule has 1 amide bonds. The van der Waals surface area contributed by atoms with Crippen LogP contribution in [-0.2, 0) is 11.3 Å². The molecular weight excluding hydrogens is 343 g/mol. The maximum Gasteiger partial charge on any atom is 0.226 e. The minimum Gasteiger partial charge on any atom is -0.342 e. The molecule has 1 aromatic carbocycles. The molecule has 0 bridgehead atoms. The monoisotopic (exact) mass is 368 g/mol. The van der Waals surface area contributed by atoms with E-state index in [4.69, 9.17) is 23.2 Å². The number of benzene rings is 1. The number of nitrogens with zero attached hydrogens (tertiary/aromatic N) is 2. The normalized spacial score (nSPS) is 23.1. The number of hydrogen-bond donors (Lipinski definition) is 0. The maximum absolute atomic E-state index is 12.9. The summed E-state index contributed by atoms with van der Waals surface area (Å²) in [5, 5.41) is 1.42. The number of hydrogen-bond acceptors (Lipinski definition) is 2. The zero-order valence-electron chi connectivity index (χ0n) is 14.1. The molecule has 3 rings (SSSR count). The molecule has 2 aliphatic rings. The molecule has 3 nitrogen and oxygen atoms in total. The van der Waals surface area contributed by atoms with Gasteiger partial charge in [-0.2, -0.15) is 0 Å². The average molecular weight is 369 g/mol. The maximum atomic E-state index is 12.9. The van der Waals surface area contributed by atoms with Crippen LogP contribution in [0.1, 0.15) is 44.1 Å². The van der Waals surface area contributed by atoms with Crippen molar-refractivity contribution in [2.45, 2.75) is 45.1 Å². The molecule has 5 heteroatoms. The second-order valence-electron chi connectivity index (χ2n) is 7.01. The second kappa shape index (κ2) is 8.55. The highest BCUT2D eigenvalue weighted by Crippen LogP contribution is 2.28. The van der Waals surface area contributed by atoms with E-state index in [9.17, 15) is 4.79 Å². The summed E-state index contributed by atoms with van der Waals surface area (Å²) < 4.78 is 0. The van der Waals surface area contributed by atoms with E-state index in [1.165, 1.54) is 12.8 Å². The number of likely N-dealkylation sites (tertiary alicyclic amines) is 2. The third-order valence-electron chi connectivity index (χ3n) is 5.22. The van der Waals surface area contributed by atoms with Gasteiger partial charge in [-0.3, -0.25) is 9.69 Å². The molecule has 2 fully saturated rings. The van der Waals surface area contributed by atoms with Gasteiger partial charge < -0.3 is 4.90 Å². The van der Waals surface area contributed by atoms with Crippen LogP contribution in [0.2, 0.25) is 10.0 Å². The fourth-order valence-electron chi connectivity index (χ4n) is 3.86. The summed E-state index contributed by atoms with van der Waals surface area (Å²) in [6.07, 6.45) is 6.88. The topological polar surface area (TPSA) is 23.6 Å². The fourth-order valence-corrected chi connectivity index (χ4v) is 4.37. The van der Waals surface area contributed by atoms with Crippen LogP contribution in [0.4, 0.5) is 0 Å². The number of carbonyl (C=O) groups excluding carboxylic acids is 1. The van der Waals surface area contributed by atoms with Crippen molar-refractivity contribution in [2.24, 2.45) is 5.92 Å². The Hall–Kier alpha value is -0.770. The van der Waals surface area contributed by atoms with Crippen molar-refractivity contribution in [2.75, 3.05) is 26.2 Å². The lowest BCUT2D eigenvalue weighted by Crippen LogP contribution is -2.44. The molecule has 132 valence electrons. The van der Waals surface area contributed by atoms with Gasteiger partial charge in [0.2, 0.25) is 5.91 Å². The van der Waals surface area contributed by atoms with Crippen molar-refractivity contribution >= 4 is 29.1 Å². The lowest BCUT2D eigenvalue weighted by Gasteiger charge is -2.35. The van der Waals surface area contributed by atoms with Gasteiger partial charge in [-0.25, -0.2) is 0 Å². The first kappa shape index (κ1) is 18.0. The SMILES string of the molecule is O=C(C1CCCN(Cc2c(Cl)cccc2Cl)C1)N1CCCCCC1. The molecule has 0 aromatic heterocycles. The number of carbonyl (C=O) groups is 1. The Morgan fingerprint density at radius 3 is 2.33 bits per heavy atom. The molecule has 0 N–H and O–H groups in total. The van der Waals surface area contributed by atoms with Gasteiger partial charge in [-0.1, -0.05) is 42.1 Å². The molecule has 0 radical (unpaired) electrons. The van der Waals surface area contributed by atoms with Crippen LogP contribution in [0.25, 0.3) is 0 Å². The van der Waals surface area contributed by atoms with Crippen molar-refractivity contribution in [1.82, 2.24) is 9.80 Å². The van der Waals surface area contributed by atoms with Gasteiger partial charge in [-0.05, 0) is 44.4 Å². The van der Waals surface area contributed by atoms with E-state index in [0.29, 0.717) is 16.0 Å². The highest BCUT2D eigenvalue weighted by molar-refractivity contribution is 6.35. The minimum atomic E-state index is 0.123. The van der Waals surface area contributed by atoms with Crippen LogP contribution >= 0.6 is 23.2 Å². The highest BCUT2D eigenvalue weighted by Gasteiger charge is 2.29. The van der Waals surface area contributed by atoms with Crippen molar-refractivity contribution in [1.29, 1.82) is 0 Å². The van der Waals surface area contributed by atoms with Gasteiger partial charge in [-0.15, -0.1) is 0 Å². The Morgan fingerprint density at radius 1 is 1.00 bits per heavy atom. The number of piperidine rings is 1. The van der Waals surface area contributed by atoms with Crippen LogP contribution in [0.3, 0.4) is 0 Å². The Kier molecular flexibility index (Phi) is 6.43. The lowest BCUT2D eigenvalue weighted by atomic mass is 9.96. The third-order valence-corrected chi connectivity index (χ3v) is 5.92. The zero-order valence-corrected chi connectivity index (χ0v) is 15.7. The van der Waals surface area contributed by atoms with E-state index in [-0.39, 0.29) is 5.92 Å². The number of rotatable bonds is 3. The van der Waals surface area contributed by atoms with Gasteiger partial charge in [0.25, 0.3) is 0 Å². The van der Waals surface area contributed by atoms with Crippen LogP contribution in [0.15, 0.2) is 18.2 Å². The molecule has 0 aliphatic carbocycles. The molecular formula is C19H26Cl2N2O. The number of amides is 1. The van der Waals surface area contributed by atoms with Crippen LogP contribution in [0.5, 0.6) is 0 Å². The molecule has 0 spiro atoms. The molecule has 24 heavy (non-hydrogen) atoms. The quantitative estimate of drug-likeness (QED) is 0.777. The smallest absolute Gasteiger partial charge is 0.226 e. The van der Waals surface area contributed by atoms with Crippen molar-refractivity contribution in [3.8, 4) is 0 Å². The predicted octanol–water partition coefficient (Wildman–Crippen LogP) is 4.61. The predicted molar refractivity (Wildman–Crippen MR) is 99.5 cm³/mol. The molecule has 0 saturated carbocycles. The van der Waals surface area contributed by atoms with Crippen molar-refractivity contribution < 1.29 is 4.79 Å². The van der Waals surface area contributed by atoms with Crippen molar-refractivity contribution in [3.63, 3.8) is 0 Å². The summed E-state index contributed by atoms with van der Waals surface area (Å²) in [5.74, 6) is 0.477. The standard InChI is InChI=1S/C19H26Cl2N2O/c20-17-8-5-9-18(21)16(17)14-22-10-6-7-15(13-22)19(24)23-11-3-1-2-4-12-23/h5,8-9,15H,1-4,6-7,10-14H2. The summed E-state index contributed by atoms with van der Waals surface area (Å²) in [5.41, 5.74) is 0.976. The van der Waals surface area contributed by atoms with Gasteiger partial charge in [0, 0.05) is 41.8 Å². The fraction of sp³-hybridized carbons (Fsp3) is 0.632. The molecule has 1 atom stereocenters. The first-order valence-corrected chi connectivity index (χ1v) is 9.85. The molecule has 1 aromatic rings. The highest BCUT2D eigenvalue weighted by atomic mass is 35.5. The summed E-state index contributed by atoms with van der Waals surface area (Å²) >= 11 is 12.6. The van der Waals surface area contributed by atoms with Crippen LogP contribution in [-0.4, -0.2) is 41.9 Å². The average Bonchev–Trinajstić information content (AvgIpc) is 2.87. The van der Waals surface area contributed by atoms with E-state index < -0.39 is 0 Å². The van der Waals surface area contributed by atoms with Crippen LogP contribution in [0, 0.1) is 5.92 Å². The van der Waals surface area contributed by atoms with E-state index >= 15 is 0 Å². The van der Waals surface area contributed by atoms with Gasteiger partial charge >= 0.3 is 0 Å². The van der Waals surface area contributed by atoms with E-state index in [1.54, 1.807) is 0 Å². The first-order chi connectivity index (χ1) is 11.6. The summed E-state index contributed by atoms with van der Waals surface area (Å²) in [7, 11) is 0. The zero-order chi connectivity index (χ0) is 16.9. The van der Waals surface area contributed by atoms with Crippen molar-refractivity contribution in [3.05, 3.63) is 33.8 Å². The second-order valence-corrected chi connectivity index (χ2v) is 7.83. The lowest BCUT2D eigenvalue weighted by molar-refractivity contribution is -0.137. The summed E-state index contributed by atoms with van der Waals surface area (Å²) in [6.45, 7) is 4.42. The van der Waals surface area contributed by atoms with Gasteiger partial charge in [0.1, 0.15) is 0 Å². The van der Waals surface area contributed by atoms with Gasteiger partial charge in [0.05, 0.1) is 5.92 Å². The molecule has 1 unspecified atom stereocenters. The third kappa shape index (κ3) is 4.44. The first-order valence-electron chi connectivity index (χ1n) is 9.09. The summed E-state index contributed by atoms with van der Waals surface area (Å²) in [4.78, 5) is 17.3. The number of halogens is 2. The Labute approximate surface area is 154 Å². The summed E-state index contributed by atoms with van der Waals surface area (Å²) in [6, 6.07) is 5.63. The van der Waals surface area contributed by atoms with E-state index in [2.05, 4.69) is 9.80 Å². The molecule has 2 heterocycles. The van der Waals surface area contributed by atoms with E-state index in [1.807, 2.05) is 18.2 Å². The Balaban J connectivity index is 1.62. The Morgan fingerprint density at radius 2 is 1.67 bits per heavy atom. The van der Waals surface area contributed by atoms with Gasteiger partial charge in [0.15, 0.2) is 0 Å². The Bertz CT molecular complexity index is 550.